The maximum absolute atomic E-state index is 13.4. The zero-order valence-corrected chi connectivity index (χ0v) is 18.9. The molecule has 2 heterocycles. The van der Waals surface area contributed by atoms with E-state index in [0.717, 1.165) is 42.6 Å². The number of fused-ring (bicyclic) bond motifs is 2. The minimum absolute atomic E-state index is 0.274. The lowest BCUT2D eigenvalue weighted by molar-refractivity contribution is -0.0662. The van der Waals surface area contributed by atoms with Gasteiger partial charge >= 0.3 is 0 Å². The number of halogens is 1. The van der Waals surface area contributed by atoms with Crippen molar-refractivity contribution in [3.63, 3.8) is 0 Å². The molecule has 3 aliphatic carbocycles. The molecule has 1 amide bonds. The zero-order valence-electron chi connectivity index (χ0n) is 18.9. The summed E-state index contributed by atoms with van der Waals surface area (Å²) in [5, 5.41) is 16.8. The van der Waals surface area contributed by atoms with Gasteiger partial charge in [-0.2, -0.15) is 5.10 Å². The molecule has 6 nitrogen and oxygen atoms in total. The summed E-state index contributed by atoms with van der Waals surface area (Å²) in [4.78, 5) is 16.3. The van der Waals surface area contributed by atoms with Crippen LogP contribution in [0.25, 0.3) is 11.8 Å². The van der Waals surface area contributed by atoms with Gasteiger partial charge in [-0.25, -0.2) is 9.07 Å². The van der Waals surface area contributed by atoms with E-state index in [1.165, 1.54) is 17.7 Å². The summed E-state index contributed by atoms with van der Waals surface area (Å²) in [5.41, 5.74) is 9.64. The van der Waals surface area contributed by atoms with Gasteiger partial charge in [-0.15, -0.1) is 0 Å². The highest BCUT2D eigenvalue weighted by atomic mass is 19.1. The Kier molecular flexibility index (Phi) is 4.74. The Morgan fingerprint density at radius 3 is 2.76 bits per heavy atom. The minimum atomic E-state index is -0.887. The van der Waals surface area contributed by atoms with Crippen LogP contribution in [0.2, 0.25) is 0 Å². The Balaban J connectivity index is 1.35. The summed E-state index contributed by atoms with van der Waals surface area (Å²) in [5.74, 6) is -0.327. The van der Waals surface area contributed by atoms with Crippen LogP contribution in [0.4, 0.5) is 4.39 Å². The van der Waals surface area contributed by atoms with Crippen LogP contribution < -0.4 is 5.73 Å². The van der Waals surface area contributed by atoms with Crippen molar-refractivity contribution in [1.29, 1.82) is 0 Å². The molecule has 0 spiro atoms. The molecule has 0 aliphatic heterocycles. The number of pyridine rings is 1. The summed E-state index contributed by atoms with van der Waals surface area (Å²) in [6, 6.07) is 9.76. The number of nitrogens with two attached hydrogens (primary N) is 1. The Bertz CT molecular complexity index is 1310. The lowest BCUT2D eigenvalue weighted by atomic mass is 9.61. The number of aliphatic hydroxyl groups is 1. The highest BCUT2D eigenvalue weighted by Gasteiger charge is 2.63. The Morgan fingerprint density at radius 1 is 1.24 bits per heavy atom. The van der Waals surface area contributed by atoms with Crippen LogP contribution in [0.15, 0.2) is 54.4 Å². The van der Waals surface area contributed by atoms with Gasteiger partial charge in [-0.1, -0.05) is 5.57 Å². The third-order valence-electron chi connectivity index (χ3n) is 8.15. The fraction of sp³-hybridized carbons (Fsp3) is 0.370. The maximum atomic E-state index is 13.4. The number of rotatable bonds is 6. The number of carbonyl (C=O) groups excluding carboxylic acids is 1. The van der Waals surface area contributed by atoms with Gasteiger partial charge in [-0.05, 0) is 98.9 Å². The molecule has 0 bridgehead atoms. The van der Waals surface area contributed by atoms with Crippen molar-refractivity contribution < 1.29 is 14.3 Å². The smallest absolute Gasteiger partial charge is 0.250 e. The first-order chi connectivity index (χ1) is 16.4. The second kappa shape index (κ2) is 7.60. The maximum Gasteiger partial charge on any atom is 0.250 e. The molecule has 7 heteroatoms. The molecule has 3 N–H and O–H groups in total. The summed E-state index contributed by atoms with van der Waals surface area (Å²) in [6.07, 6.45) is 11.3. The van der Waals surface area contributed by atoms with Crippen molar-refractivity contribution in [2.45, 2.75) is 50.5 Å². The van der Waals surface area contributed by atoms with Gasteiger partial charge in [-0.3, -0.25) is 9.78 Å². The molecule has 0 unspecified atom stereocenters. The second-order valence-electron chi connectivity index (χ2n) is 9.93. The van der Waals surface area contributed by atoms with E-state index >= 15 is 0 Å². The number of amides is 1. The summed E-state index contributed by atoms with van der Waals surface area (Å²) in [6.45, 7) is 0. The van der Waals surface area contributed by atoms with Crippen LogP contribution in [-0.4, -0.2) is 31.4 Å². The lowest BCUT2D eigenvalue weighted by Crippen LogP contribution is -2.49. The summed E-state index contributed by atoms with van der Waals surface area (Å²) >= 11 is 0. The van der Waals surface area contributed by atoms with Crippen molar-refractivity contribution in [1.82, 2.24) is 14.8 Å². The van der Waals surface area contributed by atoms with E-state index in [0.29, 0.717) is 36.4 Å². The van der Waals surface area contributed by atoms with E-state index < -0.39 is 11.5 Å². The molecule has 0 radical (unpaired) electrons. The second-order valence-corrected chi connectivity index (χ2v) is 9.93. The van der Waals surface area contributed by atoms with Gasteiger partial charge in [0, 0.05) is 11.6 Å². The number of primary amides is 1. The average molecular weight is 459 g/mol. The summed E-state index contributed by atoms with van der Waals surface area (Å²) < 4.78 is 15.3. The monoisotopic (exact) mass is 458 g/mol. The van der Waals surface area contributed by atoms with Crippen molar-refractivity contribution in [2.24, 2.45) is 17.1 Å². The number of nitrogens with zero attached hydrogens (tertiary/aromatic N) is 3. The molecule has 2 fully saturated rings. The molecule has 1 aromatic carbocycles. The Hall–Kier alpha value is -3.32. The van der Waals surface area contributed by atoms with E-state index in [1.54, 1.807) is 30.5 Å². The number of carbonyl (C=O) groups is 1. The predicted octanol–water partition coefficient (Wildman–Crippen LogP) is 4.00. The SMILES string of the molecule is NC(=O)c1cccnc1CC[C@]1(O)CCC2=Cc3c(cnn3-c3ccc(F)cc3)C[C@@]21C1CC1. The topological polar surface area (TPSA) is 94.0 Å². The molecule has 3 aliphatic rings. The predicted molar refractivity (Wildman–Crippen MR) is 126 cm³/mol. The van der Waals surface area contributed by atoms with Crippen molar-refractivity contribution in [3.05, 3.63) is 82.7 Å². The molecule has 2 atom stereocenters. The van der Waals surface area contributed by atoms with E-state index in [-0.39, 0.29) is 11.2 Å². The normalized spacial score (nSPS) is 25.5. The van der Waals surface area contributed by atoms with E-state index in [1.807, 2.05) is 10.9 Å². The van der Waals surface area contributed by atoms with Crippen LogP contribution in [0.1, 0.15) is 59.4 Å². The van der Waals surface area contributed by atoms with Crippen LogP contribution in [0.3, 0.4) is 0 Å². The quantitative estimate of drug-likeness (QED) is 0.584. The largest absolute Gasteiger partial charge is 0.389 e. The zero-order chi connectivity index (χ0) is 23.5. The summed E-state index contributed by atoms with van der Waals surface area (Å²) in [7, 11) is 0. The molecular formula is C27H27FN4O2. The van der Waals surface area contributed by atoms with E-state index in [4.69, 9.17) is 5.73 Å². The number of aromatic nitrogens is 3. The van der Waals surface area contributed by atoms with Gasteiger partial charge in [0.15, 0.2) is 0 Å². The van der Waals surface area contributed by atoms with Crippen molar-refractivity contribution in [2.75, 3.05) is 0 Å². The van der Waals surface area contributed by atoms with Gasteiger partial charge < -0.3 is 10.8 Å². The third kappa shape index (κ3) is 3.14. The highest BCUT2D eigenvalue weighted by Crippen LogP contribution is 2.66. The van der Waals surface area contributed by atoms with E-state index in [2.05, 4.69) is 16.2 Å². The molecule has 0 saturated heterocycles. The number of hydrogen-bond donors (Lipinski definition) is 2. The number of aryl methyl sites for hydroxylation is 1. The Morgan fingerprint density at radius 2 is 2.03 bits per heavy atom. The fourth-order valence-corrected chi connectivity index (χ4v) is 6.40. The number of benzene rings is 1. The highest BCUT2D eigenvalue weighted by molar-refractivity contribution is 5.93. The molecule has 2 saturated carbocycles. The van der Waals surface area contributed by atoms with Gasteiger partial charge in [0.05, 0.1) is 34.4 Å². The molecule has 174 valence electrons. The third-order valence-corrected chi connectivity index (χ3v) is 8.15. The van der Waals surface area contributed by atoms with Gasteiger partial charge in [0.1, 0.15) is 5.82 Å². The lowest BCUT2D eigenvalue weighted by Gasteiger charge is -2.46. The molecule has 3 aromatic rings. The van der Waals surface area contributed by atoms with Crippen LogP contribution in [0.5, 0.6) is 0 Å². The Labute approximate surface area is 197 Å². The van der Waals surface area contributed by atoms with Crippen LogP contribution >= 0.6 is 0 Å². The number of hydrogen-bond acceptors (Lipinski definition) is 4. The standard InChI is InChI=1S/C27H27FN4O2/c28-20-5-7-21(8-6-20)32-24-14-19-9-11-26(34,12-10-23-22(25(29)33)2-1-13-30-23)27(19,18-3-4-18)15-17(24)16-31-32/h1-2,5-8,13-14,16,18,34H,3-4,9-12,15H2,(H2,29,33)/t26-,27-/m1/s1. The van der Waals surface area contributed by atoms with Gasteiger partial charge in [0.2, 0.25) is 0 Å². The first kappa shape index (κ1) is 21.2. The molecular weight excluding hydrogens is 431 g/mol. The van der Waals surface area contributed by atoms with Crippen molar-refractivity contribution >= 4 is 12.0 Å². The molecule has 34 heavy (non-hydrogen) atoms. The first-order valence-corrected chi connectivity index (χ1v) is 11.9. The minimum Gasteiger partial charge on any atom is -0.389 e. The first-order valence-electron chi connectivity index (χ1n) is 11.9. The van der Waals surface area contributed by atoms with Crippen LogP contribution in [-0.2, 0) is 12.8 Å². The fourth-order valence-electron chi connectivity index (χ4n) is 6.40. The van der Waals surface area contributed by atoms with E-state index in [9.17, 15) is 14.3 Å². The molecule has 2 aromatic heterocycles. The van der Waals surface area contributed by atoms with Gasteiger partial charge in [0.25, 0.3) is 5.91 Å². The van der Waals surface area contributed by atoms with Crippen LogP contribution in [0, 0.1) is 17.2 Å². The van der Waals surface area contributed by atoms with Crippen molar-refractivity contribution in [3.8, 4) is 5.69 Å². The average Bonchev–Trinajstić information content (AvgIpc) is 3.56. The molecule has 6 rings (SSSR count).